The maximum Gasteiger partial charge on any atom is 0.150 e. The van der Waals surface area contributed by atoms with Gasteiger partial charge in [-0.25, -0.2) is 0 Å². The van der Waals surface area contributed by atoms with Crippen molar-refractivity contribution in [1.29, 1.82) is 0 Å². The molecule has 1 aromatic rings. The molecule has 0 unspecified atom stereocenters. The van der Waals surface area contributed by atoms with Crippen LogP contribution in [-0.2, 0) is 17.6 Å². The van der Waals surface area contributed by atoms with Crippen LogP contribution < -0.4 is 0 Å². The van der Waals surface area contributed by atoms with Crippen molar-refractivity contribution in [1.82, 2.24) is 0 Å². The molecular formula is C11H10O2. The summed E-state index contributed by atoms with van der Waals surface area (Å²) in [6.07, 6.45) is 2.79. The number of benzene rings is 1. The number of Topliss-reactive ketones (excluding diaryl/α,β-unsaturated/α-hetero) is 1. The molecule has 2 rings (SSSR count). The monoisotopic (exact) mass is 174 g/mol. The van der Waals surface area contributed by atoms with Gasteiger partial charge in [-0.3, -0.25) is 9.59 Å². The Bertz CT molecular complexity index is 366. The molecule has 0 bridgehead atoms. The first kappa shape index (κ1) is 8.17. The summed E-state index contributed by atoms with van der Waals surface area (Å²) in [5.74, 6) is 0.298. The zero-order chi connectivity index (χ0) is 9.26. The van der Waals surface area contributed by atoms with Crippen LogP contribution in [0.1, 0.15) is 27.9 Å². The Balaban J connectivity index is 2.42. The second kappa shape index (κ2) is 3.13. The van der Waals surface area contributed by atoms with Gasteiger partial charge in [-0.2, -0.15) is 0 Å². The molecule has 1 aliphatic rings. The highest BCUT2D eigenvalue weighted by Gasteiger charge is 2.15. The summed E-state index contributed by atoms with van der Waals surface area (Å²) in [6, 6.07) is 5.54. The number of aryl methyl sites for hydroxylation is 1. The fourth-order valence-electron chi connectivity index (χ4n) is 1.70. The van der Waals surface area contributed by atoms with Crippen molar-refractivity contribution in [3.05, 3.63) is 34.9 Å². The van der Waals surface area contributed by atoms with E-state index < -0.39 is 0 Å². The van der Waals surface area contributed by atoms with E-state index in [1.165, 1.54) is 0 Å². The summed E-state index contributed by atoms with van der Waals surface area (Å²) in [6.45, 7) is 0. The molecular weight excluding hydrogens is 164 g/mol. The Kier molecular flexibility index (Phi) is 1.97. The van der Waals surface area contributed by atoms with Crippen LogP contribution in [0.4, 0.5) is 0 Å². The molecule has 0 aliphatic heterocycles. The lowest BCUT2D eigenvalue weighted by Gasteiger charge is -2.14. The number of fused-ring (bicyclic) bond motifs is 1. The van der Waals surface area contributed by atoms with Crippen molar-refractivity contribution in [3.63, 3.8) is 0 Å². The maximum absolute atomic E-state index is 11.1. The van der Waals surface area contributed by atoms with Crippen LogP contribution in [0.3, 0.4) is 0 Å². The van der Waals surface area contributed by atoms with Crippen LogP contribution in [-0.4, -0.2) is 12.1 Å². The molecule has 0 atom stereocenters. The van der Waals surface area contributed by atoms with Gasteiger partial charge in [0.2, 0.25) is 0 Å². The van der Waals surface area contributed by atoms with Crippen molar-refractivity contribution in [2.45, 2.75) is 19.3 Å². The topological polar surface area (TPSA) is 34.1 Å². The predicted molar refractivity (Wildman–Crippen MR) is 48.9 cm³/mol. The Morgan fingerprint density at radius 1 is 1.15 bits per heavy atom. The second-order valence-electron chi connectivity index (χ2n) is 3.36. The average molecular weight is 174 g/mol. The lowest BCUT2D eigenvalue weighted by molar-refractivity contribution is -0.118. The van der Waals surface area contributed by atoms with E-state index in [9.17, 15) is 9.59 Å². The van der Waals surface area contributed by atoms with E-state index >= 15 is 0 Å². The van der Waals surface area contributed by atoms with Gasteiger partial charge in [0.15, 0.2) is 0 Å². The first-order valence-electron chi connectivity index (χ1n) is 4.38. The van der Waals surface area contributed by atoms with Gasteiger partial charge in [-0.05, 0) is 23.6 Å². The Morgan fingerprint density at radius 2 is 2.00 bits per heavy atom. The minimum Gasteiger partial charge on any atom is -0.299 e. The van der Waals surface area contributed by atoms with E-state index in [2.05, 4.69) is 0 Å². The van der Waals surface area contributed by atoms with E-state index in [1.54, 1.807) is 6.07 Å². The van der Waals surface area contributed by atoms with Gasteiger partial charge in [0.25, 0.3) is 0 Å². The van der Waals surface area contributed by atoms with E-state index in [0.717, 1.165) is 23.8 Å². The molecule has 0 aromatic heterocycles. The van der Waals surface area contributed by atoms with Crippen molar-refractivity contribution in [2.75, 3.05) is 0 Å². The van der Waals surface area contributed by atoms with Crippen LogP contribution in [0, 0.1) is 0 Å². The molecule has 0 spiro atoms. The third-order valence-corrected chi connectivity index (χ3v) is 2.43. The SMILES string of the molecule is O=Cc1ccc2c(c1)CCC(=O)C2. The smallest absolute Gasteiger partial charge is 0.150 e. The quantitative estimate of drug-likeness (QED) is 0.605. The van der Waals surface area contributed by atoms with Crippen molar-refractivity contribution in [3.8, 4) is 0 Å². The molecule has 1 aliphatic carbocycles. The molecule has 0 saturated heterocycles. The lowest BCUT2D eigenvalue weighted by atomic mass is 9.90. The summed E-state index contributed by atoms with van der Waals surface area (Å²) < 4.78 is 0. The summed E-state index contributed by atoms with van der Waals surface area (Å²) >= 11 is 0. The highest BCUT2D eigenvalue weighted by atomic mass is 16.1. The highest BCUT2D eigenvalue weighted by Crippen LogP contribution is 2.19. The van der Waals surface area contributed by atoms with Gasteiger partial charge in [0.05, 0.1) is 0 Å². The normalized spacial score (nSPS) is 15.2. The van der Waals surface area contributed by atoms with Crippen molar-refractivity contribution < 1.29 is 9.59 Å². The molecule has 0 amide bonds. The van der Waals surface area contributed by atoms with Gasteiger partial charge < -0.3 is 0 Å². The maximum atomic E-state index is 11.1. The van der Waals surface area contributed by atoms with Crippen LogP contribution in [0.25, 0.3) is 0 Å². The molecule has 0 saturated carbocycles. The second-order valence-corrected chi connectivity index (χ2v) is 3.36. The summed E-state index contributed by atoms with van der Waals surface area (Å²) in [5.41, 5.74) is 2.94. The number of hydrogen-bond donors (Lipinski definition) is 0. The Morgan fingerprint density at radius 3 is 2.77 bits per heavy atom. The van der Waals surface area contributed by atoms with Crippen LogP contribution >= 0.6 is 0 Å². The zero-order valence-corrected chi connectivity index (χ0v) is 7.25. The number of rotatable bonds is 1. The van der Waals surface area contributed by atoms with E-state index in [-0.39, 0.29) is 0 Å². The van der Waals surface area contributed by atoms with Crippen LogP contribution in [0.5, 0.6) is 0 Å². The Labute approximate surface area is 76.6 Å². The predicted octanol–water partition coefficient (Wildman–Crippen LogP) is 1.56. The van der Waals surface area contributed by atoms with Gasteiger partial charge in [0.1, 0.15) is 12.1 Å². The summed E-state index contributed by atoms with van der Waals surface area (Å²) in [5, 5.41) is 0. The fourth-order valence-corrected chi connectivity index (χ4v) is 1.70. The third kappa shape index (κ3) is 1.52. The molecule has 66 valence electrons. The number of ketones is 1. The minimum absolute atomic E-state index is 0.298. The van der Waals surface area contributed by atoms with Crippen molar-refractivity contribution >= 4 is 12.1 Å². The number of carbonyl (C=O) groups is 2. The van der Waals surface area contributed by atoms with Crippen molar-refractivity contribution in [2.24, 2.45) is 0 Å². The van der Waals surface area contributed by atoms with Crippen LogP contribution in [0.15, 0.2) is 18.2 Å². The zero-order valence-electron chi connectivity index (χ0n) is 7.25. The lowest BCUT2D eigenvalue weighted by Crippen LogP contribution is -2.13. The molecule has 1 aromatic carbocycles. The third-order valence-electron chi connectivity index (χ3n) is 2.43. The van der Waals surface area contributed by atoms with Gasteiger partial charge in [-0.1, -0.05) is 12.1 Å². The molecule has 0 heterocycles. The summed E-state index contributed by atoms with van der Waals surface area (Å²) in [7, 11) is 0. The van der Waals surface area contributed by atoms with E-state index in [0.29, 0.717) is 24.2 Å². The largest absolute Gasteiger partial charge is 0.299 e. The van der Waals surface area contributed by atoms with Gasteiger partial charge in [-0.15, -0.1) is 0 Å². The Hall–Kier alpha value is -1.44. The fraction of sp³-hybridized carbons (Fsp3) is 0.273. The average Bonchev–Trinajstić information content (AvgIpc) is 2.17. The molecule has 0 radical (unpaired) electrons. The molecule has 2 heteroatoms. The van der Waals surface area contributed by atoms with Gasteiger partial charge in [0, 0.05) is 18.4 Å². The summed E-state index contributed by atoms with van der Waals surface area (Å²) in [4.78, 5) is 21.6. The first-order valence-corrected chi connectivity index (χ1v) is 4.38. The minimum atomic E-state index is 0.298. The number of aldehydes is 1. The standard InChI is InChI=1S/C11H10O2/c12-7-8-1-2-10-6-11(13)4-3-9(10)5-8/h1-2,5,7H,3-4,6H2. The molecule has 0 fully saturated rings. The number of carbonyl (C=O) groups excluding carboxylic acids is 2. The van der Waals surface area contributed by atoms with E-state index in [1.807, 2.05) is 12.1 Å². The number of hydrogen-bond acceptors (Lipinski definition) is 2. The van der Waals surface area contributed by atoms with E-state index in [4.69, 9.17) is 0 Å². The van der Waals surface area contributed by atoms with Gasteiger partial charge >= 0.3 is 0 Å². The van der Waals surface area contributed by atoms with Crippen LogP contribution in [0.2, 0.25) is 0 Å². The molecule has 0 N–H and O–H groups in total. The highest BCUT2D eigenvalue weighted by molar-refractivity contribution is 5.84. The molecule has 2 nitrogen and oxygen atoms in total. The molecule has 13 heavy (non-hydrogen) atoms. The first-order chi connectivity index (χ1) is 6.29.